The van der Waals surface area contributed by atoms with Crippen molar-refractivity contribution in [2.75, 3.05) is 11.9 Å². The molecule has 3 aromatic carbocycles. The summed E-state index contributed by atoms with van der Waals surface area (Å²) in [5, 5.41) is 7.86. The van der Waals surface area contributed by atoms with Crippen LogP contribution in [0.2, 0.25) is 0 Å². The Hall–Kier alpha value is -4.19. The average molecular weight is 411 g/mol. The molecule has 0 fully saturated rings. The fourth-order valence-corrected chi connectivity index (χ4v) is 3.12. The first kappa shape index (κ1) is 20.1. The first-order valence-electron chi connectivity index (χ1n) is 9.86. The van der Waals surface area contributed by atoms with Gasteiger partial charge in [-0.2, -0.15) is 0 Å². The smallest absolute Gasteiger partial charge is 0.258 e. The second kappa shape index (κ2) is 9.54. The fourth-order valence-electron chi connectivity index (χ4n) is 3.12. The Labute approximate surface area is 179 Å². The third kappa shape index (κ3) is 5.45. The maximum atomic E-state index is 12.3. The lowest BCUT2D eigenvalue weighted by Gasteiger charge is -2.10. The van der Waals surface area contributed by atoms with Gasteiger partial charge in [0.1, 0.15) is 5.75 Å². The van der Waals surface area contributed by atoms with E-state index in [0.29, 0.717) is 23.5 Å². The van der Waals surface area contributed by atoms with Crippen LogP contribution in [0.5, 0.6) is 5.75 Å². The monoisotopic (exact) mass is 411 g/mol. The SMILES string of the molecule is O=C(COc1ccc2ccccc2c1)NCc1cccc(NC(=O)c2ccncc2)c1. The second-order valence-electron chi connectivity index (χ2n) is 6.96. The van der Waals surface area contributed by atoms with Crippen LogP contribution in [0.1, 0.15) is 15.9 Å². The highest BCUT2D eigenvalue weighted by Crippen LogP contribution is 2.20. The molecule has 2 N–H and O–H groups in total. The van der Waals surface area contributed by atoms with E-state index in [4.69, 9.17) is 4.74 Å². The number of nitrogens with zero attached hydrogens (tertiary/aromatic N) is 1. The van der Waals surface area contributed by atoms with Crippen molar-refractivity contribution in [3.63, 3.8) is 0 Å². The lowest BCUT2D eigenvalue weighted by Crippen LogP contribution is -2.28. The van der Waals surface area contributed by atoms with Crippen molar-refractivity contribution in [3.8, 4) is 5.75 Å². The van der Waals surface area contributed by atoms with Crippen molar-refractivity contribution in [1.82, 2.24) is 10.3 Å². The fraction of sp³-hybridized carbons (Fsp3) is 0.0800. The molecular weight excluding hydrogens is 390 g/mol. The largest absolute Gasteiger partial charge is 0.484 e. The topological polar surface area (TPSA) is 80.3 Å². The van der Waals surface area contributed by atoms with Crippen LogP contribution < -0.4 is 15.4 Å². The maximum absolute atomic E-state index is 12.3. The van der Waals surface area contributed by atoms with Crippen LogP contribution in [0, 0.1) is 0 Å². The summed E-state index contributed by atoms with van der Waals surface area (Å²) in [6, 6.07) is 24.3. The summed E-state index contributed by atoms with van der Waals surface area (Å²) in [4.78, 5) is 28.4. The molecule has 0 aliphatic carbocycles. The van der Waals surface area contributed by atoms with Gasteiger partial charge >= 0.3 is 0 Å². The van der Waals surface area contributed by atoms with E-state index in [2.05, 4.69) is 15.6 Å². The highest BCUT2D eigenvalue weighted by molar-refractivity contribution is 6.04. The van der Waals surface area contributed by atoms with Gasteiger partial charge in [0.05, 0.1) is 0 Å². The van der Waals surface area contributed by atoms with Crippen molar-refractivity contribution in [2.24, 2.45) is 0 Å². The molecule has 0 aliphatic rings. The number of carbonyl (C=O) groups is 2. The van der Waals surface area contributed by atoms with Gasteiger partial charge in [-0.3, -0.25) is 14.6 Å². The second-order valence-corrected chi connectivity index (χ2v) is 6.96. The molecule has 4 aromatic rings. The summed E-state index contributed by atoms with van der Waals surface area (Å²) in [6.45, 7) is 0.260. The van der Waals surface area contributed by atoms with Crippen molar-refractivity contribution in [2.45, 2.75) is 6.54 Å². The summed E-state index contributed by atoms with van der Waals surface area (Å²) >= 11 is 0. The van der Waals surface area contributed by atoms with Crippen LogP contribution in [0.3, 0.4) is 0 Å². The number of hydrogen-bond donors (Lipinski definition) is 2. The molecule has 1 heterocycles. The van der Waals surface area contributed by atoms with Gasteiger partial charge in [0.15, 0.2) is 6.61 Å². The highest BCUT2D eigenvalue weighted by atomic mass is 16.5. The molecule has 4 rings (SSSR count). The summed E-state index contributed by atoms with van der Waals surface area (Å²) in [7, 11) is 0. The third-order valence-electron chi connectivity index (χ3n) is 4.71. The number of carbonyl (C=O) groups excluding carboxylic acids is 2. The van der Waals surface area contributed by atoms with Crippen molar-refractivity contribution < 1.29 is 14.3 Å². The number of hydrogen-bond acceptors (Lipinski definition) is 4. The summed E-state index contributed by atoms with van der Waals surface area (Å²) in [5.74, 6) is 0.210. The normalized spacial score (nSPS) is 10.5. The quantitative estimate of drug-likeness (QED) is 0.478. The van der Waals surface area contributed by atoms with Crippen molar-refractivity contribution >= 4 is 28.3 Å². The number of ether oxygens (including phenoxy) is 1. The predicted octanol–water partition coefficient (Wildman–Crippen LogP) is 4.18. The molecular formula is C25H21N3O3. The number of pyridine rings is 1. The van der Waals surface area contributed by atoms with Gasteiger partial charge in [-0.1, -0.05) is 42.5 Å². The molecule has 1 aromatic heterocycles. The van der Waals surface area contributed by atoms with E-state index in [1.165, 1.54) is 0 Å². The Kier molecular flexibility index (Phi) is 6.18. The lowest BCUT2D eigenvalue weighted by molar-refractivity contribution is -0.123. The van der Waals surface area contributed by atoms with Crippen LogP contribution in [0.15, 0.2) is 91.3 Å². The van der Waals surface area contributed by atoms with E-state index in [1.807, 2.05) is 60.7 Å². The minimum absolute atomic E-state index is 0.0726. The Balaban J connectivity index is 1.29. The molecule has 0 radical (unpaired) electrons. The zero-order chi connectivity index (χ0) is 21.5. The Bertz CT molecular complexity index is 1210. The Morgan fingerprint density at radius 2 is 1.65 bits per heavy atom. The summed E-state index contributed by atoms with van der Waals surface area (Å²) < 4.78 is 5.62. The van der Waals surface area contributed by atoms with E-state index in [9.17, 15) is 9.59 Å². The first-order valence-corrected chi connectivity index (χ1v) is 9.86. The minimum Gasteiger partial charge on any atom is -0.484 e. The molecule has 0 unspecified atom stereocenters. The summed E-state index contributed by atoms with van der Waals surface area (Å²) in [5.41, 5.74) is 2.05. The molecule has 0 spiro atoms. The van der Waals surface area contributed by atoms with E-state index >= 15 is 0 Å². The van der Waals surface area contributed by atoms with Crippen LogP contribution in [0.25, 0.3) is 10.8 Å². The average Bonchev–Trinajstić information content (AvgIpc) is 2.82. The van der Waals surface area contributed by atoms with E-state index < -0.39 is 0 Å². The molecule has 0 saturated carbocycles. The van der Waals surface area contributed by atoms with E-state index in [1.54, 1.807) is 30.6 Å². The molecule has 0 aliphatic heterocycles. The Morgan fingerprint density at radius 3 is 2.48 bits per heavy atom. The van der Waals surface area contributed by atoms with Crippen LogP contribution in [-0.4, -0.2) is 23.4 Å². The lowest BCUT2D eigenvalue weighted by atomic mass is 10.1. The standard InChI is InChI=1S/C25H21N3O3/c29-24(17-31-23-9-8-19-5-1-2-6-21(19)15-23)27-16-18-4-3-7-22(14-18)28-25(30)20-10-12-26-13-11-20/h1-15H,16-17H2,(H,27,29)(H,28,30). The zero-order valence-electron chi connectivity index (χ0n) is 16.7. The van der Waals surface area contributed by atoms with Gasteiger partial charge in [0.2, 0.25) is 0 Å². The molecule has 6 heteroatoms. The number of aromatic nitrogens is 1. The number of amides is 2. The number of fused-ring (bicyclic) bond motifs is 1. The molecule has 2 amide bonds. The summed E-state index contributed by atoms with van der Waals surface area (Å²) in [6.07, 6.45) is 3.14. The third-order valence-corrected chi connectivity index (χ3v) is 4.71. The molecule has 154 valence electrons. The van der Waals surface area contributed by atoms with Crippen molar-refractivity contribution in [1.29, 1.82) is 0 Å². The van der Waals surface area contributed by atoms with E-state index in [-0.39, 0.29) is 18.4 Å². The van der Waals surface area contributed by atoms with Crippen LogP contribution in [-0.2, 0) is 11.3 Å². The predicted molar refractivity (Wildman–Crippen MR) is 120 cm³/mol. The number of anilines is 1. The molecule has 31 heavy (non-hydrogen) atoms. The van der Waals surface area contributed by atoms with Gasteiger partial charge < -0.3 is 15.4 Å². The van der Waals surface area contributed by atoms with Crippen LogP contribution >= 0.6 is 0 Å². The highest BCUT2D eigenvalue weighted by Gasteiger charge is 2.07. The number of benzene rings is 3. The minimum atomic E-state index is -0.223. The number of nitrogens with one attached hydrogen (secondary N) is 2. The van der Waals surface area contributed by atoms with Gasteiger partial charge in [-0.05, 0) is 52.7 Å². The molecule has 0 bridgehead atoms. The Morgan fingerprint density at radius 1 is 0.839 bits per heavy atom. The van der Waals surface area contributed by atoms with Crippen molar-refractivity contribution in [3.05, 3.63) is 102 Å². The van der Waals surface area contributed by atoms with Gasteiger partial charge in [-0.15, -0.1) is 0 Å². The first-order chi connectivity index (χ1) is 15.2. The zero-order valence-corrected chi connectivity index (χ0v) is 16.7. The van der Waals surface area contributed by atoms with Gasteiger partial charge in [0, 0.05) is 30.2 Å². The molecule has 6 nitrogen and oxygen atoms in total. The van der Waals surface area contributed by atoms with E-state index in [0.717, 1.165) is 16.3 Å². The maximum Gasteiger partial charge on any atom is 0.258 e. The molecule has 0 saturated heterocycles. The number of rotatable bonds is 7. The van der Waals surface area contributed by atoms with Gasteiger partial charge in [-0.25, -0.2) is 0 Å². The van der Waals surface area contributed by atoms with Gasteiger partial charge in [0.25, 0.3) is 11.8 Å². The van der Waals surface area contributed by atoms with Crippen LogP contribution in [0.4, 0.5) is 5.69 Å². The molecule has 0 atom stereocenters.